The number of pyridine rings is 1. The Morgan fingerprint density at radius 2 is 1.23 bits per heavy atom. The lowest BCUT2D eigenvalue weighted by Gasteiger charge is -2.28. The molecule has 252 valence electrons. The first-order valence-corrected chi connectivity index (χ1v) is 17.9. The minimum atomic E-state index is -0.295. The Morgan fingerprint density at radius 3 is 2.00 bits per heavy atom. The van der Waals surface area contributed by atoms with Crippen molar-refractivity contribution < 1.29 is 5.11 Å². The van der Waals surface area contributed by atoms with Crippen LogP contribution in [0.2, 0.25) is 0 Å². The number of imidazole rings is 1. The number of rotatable bonds is 6. The molecule has 1 N–H and O–H groups in total. The molecule has 6 aromatic carbocycles. The molecular formula is C48H39N3O. The van der Waals surface area contributed by atoms with Crippen molar-refractivity contribution >= 4 is 11.0 Å². The number of phenolic OH excluding ortho intramolecular Hbond substituents is 1. The molecule has 9 rings (SSSR count). The maximum Gasteiger partial charge on any atom is 0.149 e. The molecule has 0 radical (unpaired) electrons. The second-order valence-electron chi connectivity index (χ2n) is 14.9. The lowest BCUT2D eigenvalue weighted by molar-refractivity contribution is 0.477. The summed E-state index contributed by atoms with van der Waals surface area (Å²) in [6.45, 7) is 9.21. The average Bonchev–Trinajstić information content (AvgIpc) is 3.68. The molecule has 4 nitrogen and oxygen atoms in total. The summed E-state index contributed by atoms with van der Waals surface area (Å²) >= 11 is 0. The van der Waals surface area contributed by atoms with Crippen LogP contribution in [0.1, 0.15) is 49.9 Å². The van der Waals surface area contributed by atoms with Gasteiger partial charge in [-0.25, -0.2) is 4.98 Å². The first kappa shape index (κ1) is 31.7. The van der Waals surface area contributed by atoms with Gasteiger partial charge in [-0.05, 0) is 81.9 Å². The highest BCUT2D eigenvalue weighted by atomic mass is 16.3. The number of benzene rings is 6. The Bertz CT molecular complexity index is 2630. The van der Waals surface area contributed by atoms with Crippen LogP contribution in [0.5, 0.6) is 5.75 Å². The zero-order valence-electron chi connectivity index (χ0n) is 29.8. The minimum Gasteiger partial charge on any atom is -0.507 e. The van der Waals surface area contributed by atoms with Gasteiger partial charge in [-0.3, -0.25) is 9.55 Å². The number of nitrogens with zero attached hydrogens (tertiary/aromatic N) is 3. The Labute approximate surface area is 304 Å². The summed E-state index contributed by atoms with van der Waals surface area (Å²) in [6, 6.07) is 52.7. The minimum absolute atomic E-state index is 0.136. The summed E-state index contributed by atoms with van der Waals surface area (Å²) in [7, 11) is 0. The van der Waals surface area contributed by atoms with E-state index in [9.17, 15) is 5.11 Å². The van der Waals surface area contributed by atoms with Crippen LogP contribution in [0.4, 0.5) is 0 Å². The summed E-state index contributed by atoms with van der Waals surface area (Å²) in [5, 5.41) is 11.0. The quantitative estimate of drug-likeness (QED) is 0.191. The molecule has 0 bridgehead atoms. The highest BCUT2D eigenvalue weighted by Gasteiger charge is 2.36. The normalized spacial score (nSPS) is 13.2. The highest BCUT2D eigenvalue weighted by molar-refractivity contribution is 5.97. The van der Waals surface area contributed by atoms with Gasteiger partial charge < -0.3 is 5.11 Å². The Balaban J connectivity index is 1.29. The lowest BCUT2D eigenvalue weighted by Crippen LogP contribution is -2.19. The molecule has 0 fully saturated rings. The van der Waals surface area contributed by atoms with E-state index in [1.165, 1.54) is 33.4 Å². The molecule has 1 aliphatic carbocycles. The third kappa shape index (κ3) is 4.97. The number of aromatic hydroxyl groups is 1. The molecule has 2 heterocycles. The second-order valence-corrected chi connectivity index (χ2v) is 14.9. The molecule has 0 amide bonds. The summed E-state index contributed by atoms with van der Waals surface area (Å²) in [4.78, 5) is 10.5. The number of hydrogen-bond acceptors (Lipinski definition) is 3. The predicted molar refractivity (Wildman–Crippen MR) is 213 cm³/mol. The fourth-order valence-electron chi connectivity index (χ4n) is 8.08. The number of aromatic nitrogens is 3. The summed E-state index contributed by atoms with van der Waals surface area (Å²) in [6.07, 6.45) is 2.06. The fraction of sp³-hybridized carbons (Fsp3) is 0.125. The van der Waals surface area contributed by atoms with Gasteiger partial charge in [-0.1, -0.05) is 131 Å². The molecule has 4 heteroatoms. The lowest BCUT2D eigenvalue weighted by atomic mass is 9.76. The van der Waals surface area contributed by atoms with E-state index in [4.69, 9.17) is 9.97 Å². The van der Waals surface area contributed by atoms with E-state index in [-0.39, 0.29) is 16.6 Å². The molecular weight excluding hydrogens is 635 g/mol. The van der Waals surface area contributed by atoms with Crippen molar-refractivity contribution in [1.29, 1.82) is 0 Å². The first-order chi connectivity index (χ1) is 25.2. The van der Waals surface area contributed by atoms with Crippen LogP contribution in [0.15, 0.2) is 158 Å². The van der Waals surface area contributed by atoms with Crippen LogP contribution in [-0.4, -0.2) is 19.6 Å². The van der Waals surface area contributed by atoms with Gasteiger partial charge in [-0.15, -0.1) is 0 Å². The molecule has 8 aromatic rings. The number of para-hydroxylation sites is 3. The zero-order valence-corrected chi connectivity index (χ0v) is 29.8. The summed E-state index contributed by atoms with van der Waals surface area (Å²) in [5.74, 6) is 0.882. The van der Waals surface area contributed by atoms with Crippen molar-refractivity contribution in [1.82, 2.24) is 14.5 Å². The molecule has 0 unspecified atom stereocenters. The molecule has 0 aliphatic heterocycles. The van der Waals surface area contributed by atoms with Crippen molar-refractivity contribution in [3.05, 3.63) is 180 Å². The number of fused-ring (bicyclic) bond motifs is 4. The van der Waals surface area contributed by atoms with Crippen LogP contribution in [0.3, 0.4) is 0 Å². The van der Waals surface area contributed by atoms with Crippen molar-refractivity contribution in [2.45, 2.75) is 38.5 Å². The summed E-state index contributed by atoms with van der Waals surface area (Å²) in [5.41, 5.74) is 14.7. The average molecular weight is 674 g/mol. The maximum absolute atomic E-state index is 11.0. The van der Waals surface area contributed by atoms with Crippen molar-refractivity contribution in [3.63, 3.8) is 0 Å². The van der Waals surface area contributed by atoms with E-state index in [1.807, 2.05) is 36.4 Å². The van der Waals surface area contributed by atoms with Gasteiger partial charge in [0, 0.05) is 39.4 Å². The largest absolute Gasteiger partial charge is 0.507 e. The van der Waals surface area contributed by atoms with E-state index in [0.717, 1.165) is 39.1 Å². The molecule has 2 aromatic heterocycles. The van der Waals surface area contributed by atoms with E-state index >= 15 is 0 Å². The monoisotopic (exact) mass is 673 g/mol. The van der Waals surface area contributed by atoms with Crippen LogP contribution in [0.25, 0.3) is 61.6 Å². The van der Waals surface area contributed by atoms with Crippen molar-refractivity contribution in [3.8, 4) is 56.3 Å². The van der Waals surface area contributed by atoms with E-state index < -0.39 is 0 Å². The van der Waals surface area contributed by atoms with Gasteiger partial charge in [0.25, 0.3) is 0 Å². The second kappa shape index (κ2) is 11.9. The Morgan fingerprint density at radius 1 is 0.577 bits per heavy atom. The van der Waals surface area contributed by atoms with Crippen LogP contribution in [-0.2, 0) is 10.8 Å². The van der Waals surface area contributed by atoms with E-state index in [1.54, 1.807) is 6.07 Å². The van der Waals surface area contributed by atoms with E-state index in [2.05, 4.69) is 148 Å². The van der Waals surface area contributed by atoms with Gasteiger partial charge in [0.1, 0.15) is 11.6 Å². The van der Waals surface area contributed by atoms with Gasteiger partial charge in [0.05, 0.1) is 22.3 Å². The smallest absolute Gasteiger partial charge is 0.149 e. The Hall–Kier alpha value is -6.26. The molecule has 52 heavy (non-hydrogen) atoms. The third-order valence-corrected chi connectivity index (χ3v) is 11.1. The van der Waals surface area contributed by atoms with Crippen LogP contribution in [0, 0.1) is 0 Å². The molecule has 0 saturated heterocycles. The van der Waals surface area contributed by atoms with Gasteiger partial charge in [-0.2, -0.15) is 0 Å². The SMILES string of the molecule is CC(C)(c1ccccc1)c1cc(-c2cc3c(cn2)-c2ccccc2C3(C)C)cc(-c2cccc3c2nc(-c2ccccc2O)n3-c2ccccc2)c1. The molecule has 1 aliphatic rings. The molecule has 0 atom stereocenters. The van der Waals surface area contributed by atoms with Crippen LogP contribution >= 0.6 is 0 Å². The predicted octanol–water partition coefficient (Wildman–Crippen LogP) is 11.8. The molecule has 0 saturated carbocycles. The summed E-state index contributed by atoms with van der Waals surface area (Å²) < 4.78 is 2.15. The van der Waals surface area contributed by atoms with Gasteiger partial charge >= 0.3 is 0 Å². The van der Waals surface area contributed by atoms with Gasteiger partial charge in [0.15, 0.2) is 0 Å². The topological polar surface area (TPSA) is 50.9 Å². The number of phenols is 1. The van der Waals surface area contributed by atoms with Crippen LogP contribution < -0.4 is 0 Å². The van der Waals surface area contributed by atoms with Crippen molar-refractivity contribution in [2.24, 2.45) is 0 Å². The maximum atomic E-state index is 11.0. The van der Waals surface area contributed by atoms with Crippen molar-refractivity contribution in [2.75, 3.05) is 0 Å². The molecule has 0 spiro atoms. The standard InChI is InChI=1S/C48H39N3O/c1-47(2,33-16-7-5-8-17-33)34-27-31(26-32(28-34)42-29-41-39(30-49-42)37-20-11-13-23-40(37)48(41,3)4)36-22-15-24-43-45(36)50-46(38-21-12-14-25-44(38)52)51(43)35-18-9-6-10-19-35/h5-30,52H,1-4H3. The highest BCUT2D eigenvalue weighted by Crippen LogP contribution is 2.49. The fourth-order valence-corrected chi connectivity index (χ4v) is 8.08. The van der Waals surface area contributed by atoms with Gasteiger partial charge in [0.2, 0.25) is 0 Å². The first-order valence-electron chi connectivity index (χ1n) is 17.9. The zero-order chi connectivity index (χ0) is 35.6. The number of hydrogen-bond donors (Lipinski definition) is 1. The Kier molecular flexibility index (Phi) is 7.27. The third-order valence-electron chi connectivity index (χ3n) is 11.1. The van der Waals surface area contributed by atoms with E-state index in [0.29, 0.717) is 11.4 Å².